The summed E-state index contributed by atoms with van der Waals surface area (Å²) in [6, 6.07) is 26.3. The van der Waals surface area contributed by atoms with Gasteiger partial charge in [0.05, 0.1) is 24.3 Å². The van der Waals surface area contributed by atoms with Gasteiger partial charge in [-0.1, -0.05) is 54.6 Å². The summed E-state index contributed by atoms with van der Waals surface area (Å²) in [4.78, 5) is 1.99. The molecule has 138 valence electrons. The fourth-order valence-electron chi connectivity index (χ4n) is 3.53. The summed E-state index contributed by atoms with van der Waals surface area (Å²) in [6.45, 7) is 0. The second-order valence-electron chi connectivity index (χ2n) is 6.86. The number of hydrogen-bond acceptors (Lipinski definition) is 5. The summed E-state index contributed by atoms with van der Waals surface area (Å²) in [7, 11) is 3.89. The highest BCUT2D eigenvalue weighted by atomic mass is 15.1. The Labute approximate surface area is 169 Å². The molecular formula is C24H17N5. The van der Waals surface area contributed by atoms with Crippen LogP contribution in [0.15, 0.2) is 60.7 Å². The molecule has 5 nitrogen and oxygen atoms in total. The van der Waals surface area contributed by atoms with Crippen molar-refractivity contribution in [1.29, 1.82) is 21.0 Å². The van der Waals surface area contributed by atoms with Gasteiger partial charge in [0, 0.05) is 25.2 Å². The highest BCUT2D eigenvalue weighted by molar-refractivity contribution is 5.98. The minimum Gasteiger partial charge on any atom is -0.377 e. The van der Waals surface area contributed by atoms with Crippen LogP contribution in [-0.4, -0.2) is 14.1 Å². The van der Waals surface area contributed by atoms with E-state index in [4.69, 9.17) is 10.5 Å². The van der Waals surface area contributed by atoms with Crippen LogP contribution in [0.25, 0.3) is 10.8 Å². The van der Waals surface area contributed by atoms with E-state index < -0.39 is 11.3 Å². The van der Waals surface area contributed by atoms with Gasteiger partial charge < -0.3 is 4.90 Å². The van der Waals surface area contributed by atoms with Crippen molar-refractivity contribution in [2.45, 2.75) is 11.3 Å². The first kappa shape index (κ1) is 19.4. The van der Waals surface area contributed by atoms with Crippen LogP contribution in [0.1, 0.15) is 22.6 Å². The van der Waals surface area contributed by atoms with Gasteiger partial charge in [-0.15, -0.1) is 0 Å². The zero-order chi connectivity index (χ0) is 21.0. The highest BCUT2D eigenvalue weighted by Crippen LogP contribution is 2.39. The summed E-state index contributed by atoms with van der Waals surface area (Å²) in [5.74, 6) is -0.886. The lowest BCUT2D eigenvalue weighted by Crippen LogP contribution is -2.24. The molecule has 0 radical (unpaired) electrons. The van der Waals surface area contributed by atoms with E-state index in [1.165, 1.54) is 0 Å². The predicted molar refractivity (Wildman–Crippen MR) is 111 cm³/mol. The Kier molecular flexibility index (Phi) is 5.19. The first-order chi connectivity index (χ1) is 14.0. The molecule has 29 heavy (non-hydrogen) atoms. The first-order valence-corrected chi connectivity index (χ1v) is 8.94. The van der Waals surface area contributed by atoms with Gasteiger partial charge in [0.1, 0.15) is 0 Å². The van der Waals surface area contributed by atoms with Gasteiger partial charge in [-0.2, -0.15) is 21.0 Å². The van der Waals surface area contributed by atoms with E-state index in [0.717, 1.165) is 16.5 Å². The topological polar surface area (TPSA) is 98.4 Å². The molecule has 0 aliphatic carbocycles. The molecule has 0 atom stereocenters. The molecule has 0 spiro atoms. The summed E-state index contributed by atoms with van der Waals surface area (Å²) in [5.41, 5.74) is 1.13. The number of anilines is 1. The lowest BCUT2D eigenvalue weighted by Gasteiger charge is -2.24. The van der Waals surface area contributed by atoms with Crippen molar-refractivity contribution >= 4 is 16.5 Å². The Morgan fingerprint density at radius 2 is 1.34 bits per heavy atom. The molecule has 0 amide bonds. The third-order valence-electron chi connectivity index (χ3n) is 5.06. The molecule has 0 unspecified atom stereocenters. The summed E-state index contributed by atoms with van der Waals surface area (Å²) >= 11 is 0. The van der Waals surface area contributed by atoms with Crippen molar-refractivity contribution in [2.24, 2.45) is 0 Å². The van der Waals surface area contributed by atoms with E-state index in [1.54, 1.807) is 24.3 Å². The van der Waals surface area contributed by atoms with Crippen molar-refractivity contribution in [3.63, 3.8) is 0 Å². The molecular weight excluding hydrogens is 358 g/mol. The Balaban J connectivity index is 2.26. The maximum Gasteiger partial charge on any atom is 0.194 e. The van der Waals surface area contributed by atoms with Crippen LogP contribution < -0.4 is 4.90 Å². The summed E-state index contributed by atoms with van der Waals surface area (Å²) in [6.07, 6.45) is 0. The number of hydrogen-bond donors (Lipinski definition) is 0. The minimum atomic E-state index is -1.52. The van der Waals surface area contributed by atoms with Crippen LogP contribution in [0.3, 0.4) is 0 Å². The molecule has 3 rings (SSSR count). The zero-order valence-electron chi connectivity index (χ0n) is 16.1. The van der Waals surface area contributed by atoms with Crippen LogP contribution in [0.5, 0.6) is 0 Å². The third-order valence-corrected chi connectivity index (χ3v) is 5.06. The van der Waals surface area contributed by atoms with Gasteiger partial charge >= 0.3 is 0 Å². The molecule has 3 aromatic carbocycles. The fraction of sp³-hybridized carbons (Fsp3) is 0.167. The van der Waals surface area contributed by atoms with E-state index >= 15 is 0 Å². The number of nitrogens with zero attached hydrogens (tertiary/aromatic N) is 5. The maximum absolute atomic E-state index is 10.1. The average molecular weight is 375 g/mol. The van der Waals surface area contributed by atoms with Crippen LogP contribution in [0.2, 0.25) is 0 Å². The van der Waals surface area contributed by atoms with Gasteiger partial charge in [0.15, 0.2) is 11.3 Å². The van der Waals surface area contributed by atoms with Crippen LogP contribution in [0.4, 0.5) is 5.69 Å². The van der Waals surface area contributed by atoms with Crippen molar-refractivity contribution in [1.82, 2.24) is 0 Å². The number of nitriles is 4. The van der Waals surface area contributed by atoms with E-state index in [1.807, 2.05) is 67.5 Å². The normalized spacial score (nSPS) is 10.6. The number of benzene rings is 3. The number of rotatable bonds is 4. The van der Waals surface area contributed by atoms with Crippen molar-refractivity contribution in [3.8, 4) is 24.3 Å². The summed E-state index contributed by atoms with van der Waals surface area (Å²) in [5, 5.41) is 40.2. The van der Waals surface area contributed by atoms with E-state index in [-0.39, 0.29) is 0 Å². The van der Waals surface area contributed by atoms with Gasteiger partial charge in [0.25, 0.3) is 0 Å². The highest BCUT2D eigenvalue weighted by Gasteiger charge is 2.37. The SMILES string of the molecule is CN(C)c1ccc(C(C#N)(C#N)c2ccc(C(C#N)C#N)cc2)c2ccccc12. The van der Waals surface area contributed by atoms with Gasteiger partial charge in [-0.3, -0.25) is 0 Å². The smallest absolute Gasteiger partial charge is 0.194 e. The minimum absolute atomic E-state index is 0.503. The van der Waals surface area contributed by atoms with Gasteiger partial charge in [-0.25, -0.2) is 0 Å². The van der Waals surface area contributed by atoms with Gasteiger partial charge in [0.2, 0.25) is 0 Å². The Bertz CT molecular complexity index is 1200. The number of fused-ring (bicyclic) bond motifs is 1. The predicted octanol–water partition coefficient (Wildman–Crippen LogP) is 4.37. The van der Waals surface area contributed by atoms with Gasteiger partial charge in [-0.05, 0) is 28.1 Å². The van der Waals surface area contributed by atoms with E-state index in [9.17, 15) is 10.5 Å². The second-order valence-corrected chi connectivity index (χ2v) is 6.86. The standard InChI is InChI=1S/C24H17N5/c1-29(2)23-12-11-22(20-5-3-4-6-21(20)23)24(15-27,16-28)19-9-7-17(8-10-19)18(13-25)14-26/h3-12,18H,1-2H3. The molecule has 0 aliphatic heterocycles. The molecule has 0 saturated carbocycles. The first-order valence-electron chi connectivity index (χ1n) is 8.94. The van der Waals surface area contributed by atoms with Crippen molar-refractivity contribution < 1.29 is 0 Å². The zero-order valence-corrected chi connectivity index (χ0v) is 16.1. The van der Waals surface area contributed by atoms with Crippen molar-refractivity contribution in [3.05, 3.63) is 77.4 Å². The quantitative estimate of drug-likeness (QED) is 0.674. The van der Waals surface area contributed by atoms with Crippen LogP contribution in [0, 0.1) is 45.3 Å². The van der Waals surface area contributed by atoms with Crippen LogP contribution >= 0.6 is 0 Å². The largest absolute Gasteiger partial charge is 0.377 e. The Morgan fingerprint density at radius 3 is 1.86 bits per heavy atom. The third kappa shape index (κ3) is 3.12. The lowest BCUT2D eigenvalue weighted by atomic mass is 9.74. The molecule has 0 N–H and O–H groups in total. The lowest BCUT2D eigenvalue weighted by molar-refractivity contribution is 0.855. The van der Waals surface area contributed by atoms with E-state index in [2.05, 4.69) is 12.1 Å². The van der Waals surface area contributed by atoms with E-state index in [0.29, 0.717) is 16.7 Å². The maximum atomic E-state index is 10.1. The monoisotopic (exact) mass is 375 g/mol. The Morgan fingerprint density at radius 1 is 0.759 bits per heavy atom. The molecule has 0 saturated heterocycles. The molecule has 0 fully saturated rings. The molecule has 0 bridgehead atoms. The van der Waals surface area contributed by atoms with Crippen LogP contribution in [-0.2, 0) is 5.41 Å². The summed E-state index contributed by atoms with van der Waals surface area (Å²) < 4.78 is 0. The fourth-order valence-corrected chi connectivity index (χ4v) is 3.53. The average Bonchev–Trinajstić information content (AvgIpc) is 2.76. The second kappa shape index (κ2) is 7.74. The molecule has 0 aromatic heterocycles. The Hall–Kier alpha value is -4.32. The molecule has 5 heteroatoms. The molecule has 0 heterocycles. The molecule has 3 aromatic rings. The molecule has 0 aliphatic rings. The van der Waals surface area contributed by atoms with Crippen molar-refractivity contribution in [2.75, 3.05) is 19.0 Å².